The molecule has 1 heterocycles. The number of para-hydroxylation sites is 1. The standard InChI is InChI=1S/C16H18N2O3S/c1-11-6-3-4-7-12(11)18-15(20)14(19)17-10-16(2,21)13-8-5-9-22-13/h3-9,21H,10H2,1-2H3,(H,17,19)(H,18,20). The third-order valence-electron chi connectivity index (χ3n) is 3.24. The number of aliphatic hydroxyl groups is 1. The SMILES string of the molecule is Cc1ccccc1NC(=O)C(=O)NCC(C)(O)c1cccs1. The summed E-state index contributed by atoms with van der Waals surface area (Å²) in [4.78, 5) is 24.4. The van der Waals surface area contributed by atoms with E-state index < -0.39 is 17.4 Å². The summed E-state index contributed by atoms with van der Waals surface area (Å²) >= 11 is 1.39. The largest absolute Gasteiger partial charge is 0.383 e. The molecule has 1 atom stereocenters. The molecule has 116 valence electrons. The minimum Gasteiger partial charge on any atom is -0.383 e. The lowest BCUT2D eigenvalue weighted by Gasteiger charge is -2.22. The van der Waals surface area contributed by atoms with Gasteiger partial charge in [0.2, 0.25) is 0 Å². The topological polar surface area (TPSA) is 78.4 Å². The van der Waals surface area contributed by atoms with Crippen molar-refractivity contribution in [3.8, 4) is 0 Å². The van der Waals surface area contributed by atoms with Gasteiger partial charge in [0.15, 0.2) is 0 Å². The van der Waals surface area contributed by atoms with Crippen LogP contribution in [0, 0.1) is 6.92 Å². The van der Waals surface area contributed by atoms with Crippen molar-refractivity contribution >= 4 is 28.8 Å². The van der Waals surface area contributed by atoms with E-state index in [-0.39, 0.29) is 6.54 Å². The Morgan fingerprint density at radius 3 is 2.55 bits per heavy atom. The Morgan fingerprint density at radius 1 is 1.18 bits per heavy atom. The van der Waals surface area contributed by atoms with Crippen molar-refractivity contribution < 1.29 is 14.7 Å². The molecule has 0 aliphatic carbocycles. The minimum atomic E-state index is -1.20. The van der Waals surface area contributed by atoms with Gasteiger partial charge in [0.1, 0.15) is 5.60 Å². The smallest absolute Gasteiger partial charge is 0.313 e. The van der Waals surface area contributed by atoms with E-state index in [4.69, 9.17) is 0 Å². The van der Waals surface area contributed by atoms with E-state index in [1.165, 1.54) is 11.3 Å². The lowest BCUT2D eigenvalue weighted by molar-refractivity contribution is -0.136. The summed E-state index contributed by atoms with van der Waals surface area (Å²) in [7, 11) is 0. The van der Waals surface area contributed by atoms with E-state index in [0.29, 0.717) is 5.69 Å². The fraction of sp³-hybridized carbons (Fsp3) is 0.250. The molecule has 0 aliphatic rings. The molecular formula is C16H18N2O3S. The second-order valence-electron chi connectivity index (χ2n) is 5.20. The van der Waals surface area contributed by atoms with Crippen molar-refractivity contribution in [2.24, 2.45) is 0 Å². The van der Waals surface area contributed by atoms with Gasteiger partial charge in [-0.3, -0.25) is 9.59 Å². The van der Waals surface area contributed by atoms with Crippen LogP contribution >= 0.6 is 11.3 Å². The number of rotatable bonds is 4. The average molecular weight is 318 g/mol. The normalized spacial score (nSPS) is 13.2. The number of aryl methyl sites for hydroxylation is 1. The lowest BCUT2D eigenvalue weighted by atomic mass is 10.1. The summed E-state index contributed by atoms with van der Waals surface area (Å²) in [5, 5.41) is 17.2. The Balaban J connectivity index is 1.92. The molecule has 0 bridgehead atoms. The number of hydrogen-bond donors (Lipinski definition) is 3. The molecule has 2 aromatic rings. The molecule has 1 aromatic carbocycles. The maximum absolute atomic E-state index is 11.9. The first-order valence-corrected chi connectivity index (χ1v) is 7.69. The molecular weight excluding hydrogens is 300 g/mol. The van der Waals surface area contributed by atoms with E-state index in [9.17, 15) is 14.7 Å². The quantitative estimate of drug-likeness (QED) is 0.755. The van der Waals surface area contributed by atoms with Crippen molar-refractivity contribution in [3.05, 3.63) is 52.2 Å². The van der Waals surface area contributed by atoms with E-state index in [1.54, 1.807) is 25.1 Å². The van der Waals surface area contributed by atoms with Crippen LogP contribution in [0.3, 0.4) is 0 Å². The molecule has 1 unspecified atom stereocenters. The van der Waals surface area contributed by atoms with Gasteiger partial charge in [-0.05, 0) is 36.9 Å². The number of hydrogen-bond acceptors (Lipinski definition) is 4. The second-order valence-corrected chi connectivity index (χ2v) is 6.15. The third-order valence-corrected chi connectivity index (χ3v) is 4.37. The van der Waals surface area contributed by atoms with Gasteiger partial charge in [-0.25, -0.2) is 0 Å². The molecule has 0 saturated heterocycles. The summed E-state index contributed by atoms with van der Waals surface area (Å²) in [6, 6.07) is 10.8. The predicted molar refractivity (Wildman–Crippen MR) is 86.7 cm³/mol. The molecule has 22 heavy (non-hydrogen) atoms. The highest BCUT2D eigenvalue weighted by molar-refractivity contribution is 7.10. The van der Waals surface area contributed by atoms with Crippen LogP contribution in [0.1, 0.15) is 17.4 Å². The highest BCUT2D eigenvalue weighted by Gasteiger charge is 2.26. The van der Waals surface area contributed by atoms with Gasteiger partial charge in [-0.15, -0.1) is 11.3 Å². The Kier molecular flexibility index (Phi) is 4.95. The first-order chi connectivity index (χ1) is 10.4. The van der Waals surface area contributed by atoms with Crippen LogP contribution < -0.4 is 10.6 Å². The number of carbonyl (C=O) groups is 2. The molecule has 0 radical (unpaired) electrons. The van der Waals surface area contributed by atoms with Crippen LogP contribution in [0.5, 0.6) is 0 Å². The third kappa shape index (κ3) is 3.93. The number of nitrogens with one attached hydrogen (secondary N) is 2. The molecule has 1 aromatic heterocycles. The number of benzene rings is 1. The van der Waals surface area contributed by atoms with Gasteiger partial charge < -0.3 is 15.7 Å². The van der Waals surface area contributed by atoms with Crippen molar-refractivity contribution in [2.45, 2.75) is 19.4 Å². The molecule has 0 saturated carbocycles. The first kappa shape index (κ1) is 16.2. The summed E-state index contributed by atoms with van der Waals surface area (Å²) < 4.78 is 0. The van der Waals surface area contributed by atoms with Crippen molar-refractivity contribution in [1.29, 1.82) is 0 Å². The fourth-order valence-electron chi connectivity index (χ4n) is 1.90. The van der Waals surface area contributed by atoms with E-state index in [1.807, 2.05) is 30.5 Å². The molecule has 2 rings (SSSR count). The fourth-order valence-corrected chi connectivity index (χ4v) is 2.68. The number of thiophene rings is 1. The Labute approximate surface area is 133 Å². The molecule has 2 amide bonds. The van der Waals surface area contributed by atoms with Gasteiger partial charge in [0.05, 0.1) is 6.54 Å². The molecule has 0 spiro atoms. The van der Waals surface area contributed by atoms with Gasteiger partial charge in [-0.2, -0.15) is 0 Å². The van der Waals surface area contributed by atoms with Crippen molar-refractivity contribution in [1.82, 2.24) is 5.32 Å². The average Bonchev–Trinajstić information content (AvgIpc) is 3.02. The van der Waals surface area contributed by atoms with Gasteiger partial charge in [0.25, 0.3) is 0 Å². The highest BCUT2D eigenvalue weighted by Crippen LogP contribution is 2.24. The van der Waals surface area contributed by atoms with Crippen LogP contribution in [0.4, 0.5) is 5.69 Å². The Morgan fingerprint density at radius 2 is 1.91 bits per heavy atom. The summed E-state index contributed by atoms with van der Waals surface area (Å²) in [6.45, 7) is 3.40. The van der Waals surface area contributed by atoms with Crippen molar-refractivity contribution in [2.75, 3.05) is 11.9 Å². The summed E-state index contributed by atoms with van der Waals surface area (Å²) in [5.41, 5.74) is 0.258. The molecule has 5 nitrogen and oxygen atoms in total. The van der Waals surface area contributed by atoms with Gasteiger partial charge >= 0.3 is 11.8 Å². The van der Waals surface area contributed by atoms with Crippen LogP contribution in [0.2, 0.25) is 0 Å². The molecule has 0 aliphatic heterocycles. The predicted octanol–water partition coefficient (Wildman–Crippen LogP) is 2.02. The Hall–Kier alpha value is -2.18. The zero-order chi connectivity index (χ0) is 16.2. The maximum atomic E-state index is 11.9. The molecule has 3 N–H and O–H groups in total. The van der Waals surface area contributed by atoms with Crippen LogP contribution in [0.25, 0.3) is 0 Å². The number of anilines is 1. The van der Waals surface area contributed by atoms with E-state index in [0.717, 1.165) is 10.4 Å². The number of carbonyl (C=O) groups excluding carboxylic acids is 2. The minimum absolute atomic E-state index is 0.0342. The molecule has 0 fully saturated rings. The van der Waals surface area contributed by atoms with Gasteiger partial charge in [-0.1, -0.05) is 24.3 Å². The highest BCUT2D eigenvalue weighted by atomic mass is 32.1. The summed E-state index contributed by atoms with van der Waals surface area (Å²) in [6.07, 6.45) is 0. The zero-order valence-corrected chi connectivity index (χ0v) is 13.2. The van der Waals surface area contributed by atoms with E-state index >= 15 is 0 Å². The van der Waals surface area contributed by atoms with Crippen molar-refractivity contribution in [3.63, 3.8) is 0 Å². The zero-order valence-electron chi connectivity index (χ0n) is 12.4. The van der Waals surface area contributed by atoms with E-state index in [2.05, 4.69) is 10.6 Å². The van der Waals surface area contributed by atoms with Crippen LogP contribution in [-0.4, -0.2) is 23.5 Å². The first-order valence-electron chi connectivity index (χ1n) is 6.81. The second kappa shape index (κ2) is 6.72. The monoisotopic (exact) mass is 318 g/mol. The number of amides is 2. The van der Waals surface area contributed by atoms with Crippen LogP contribution in [0.15, 0.2) is 41.8 Å². The molecule has 6 heteroatoms. The summed E-state index contributed by atoms with van der Waals surface area (Å²) in [5.74, 6) is -1.53. The van der Waals surface area contributed by atoms with Gasteiger partial charge in [0, 0.05) is 10.6 Å². The maximum Gasteiger partial charge on any atom is 0.313 e. The van der Waals surface area contributed by atoms with Crippen LogP contribution in [-0.2, 0) is 15.2 Å². The lowest BCUT2D eigenvalue weighted by Crippen LogP contribution is -2.43. The Bertz CT molecular complexity index is 666.